The smallest absolute Gasteiger partial charge is 0.545 e. The van der Waals surface area contributed by atoms with Crippen LogP contribution in [0.5, 0.6) is 0 Å². The second kappa shape index (κ2) is 5.88. The van der Waals surface area contributed by atoms with E-state index in [1.54, 1.807) is 24.3 Å². The maximum Gasteiger partial charge on any atom is 1.00 e. The first-order valence-corrected chi connectivity index (χ1v) is 3.71. The molecule has 13 heavy (non-hydrogen) atoms. The molecule has 0 unspecified atom stereocenters. The topological polar surface area (TPSA) is 40.1 Å². The van der Waals surface area contributed by atoms with E-state index in [0.717, 1.165) is 11.6 Å². The summed E-state index contributed by atoms with van der Waals surface area (Å²) in [6, 6.07) is 6.83. The molecule has 0 aromatic heterocycles. The molecule has 0 bridgehead atoms. The number of hydrogen-bond acceptors (Lipinski definition) is 2. The van der Waals surface area contributed by atoms with E-state index in [-0.39, 0.29) is 18.9 Å². The van der Waals surface area contributed by atoms with Gasteiger partial charge < -0.3 is 9.90 Å². The molecule has 0 fully saturated rings. The van der Waals surface area contributed by atoms with Crippen molar-refractivity contribution in [2.75, 3.05) is 0 Å². The molecule has 0 N–H and O–H groups in total. The SMILES string of the molecule is O=C([O-])/C=C/c1ccc(Cl)cc1.[Li+]. The third-order valence-electron chi connectivity index (χ3n) is 1.28. The van der Waals surface area contributed by atoms with Gasteiger partial charge in [-0.05, 0) is 23.8 Å². The predicted molar refractivity (Wildman–Crippen MR) is 45.5 cm³/mol. The second-order valence-electron chi connectivity index (χ2n) is 2.20. The zero-order valence-corrected chi connectivity index (χ0v) is 7.91. The van der Waals surface area contributed by atoms with E-state index in [1.807, 2.05) is 0 Å². The number of benzene rings is 1. The van der Waals surface area contributed by atoms with Gasteiger partial charge in [0.05, 0.1) is 5.97 Å². The average Bonchev–Trinajstić information content (AvgIpc) is 2.03. The summed E-state index contributed by atoms with van der Waals surface area (Å²) in [5.74, 6) is -1.20. The number of carboxylic acids is 1. The van der Waals surface area contributed by atoms with Gasteiger partial charge in [0.25, 0.3) is 0 Å². The van der Waals surface area contributed by atoms with Crippen LogP contribution in [0.15, 0.2) is 30.3 Å². The fourth-order valence-electron chi connectivity index (χ4n) is 0.738. The summed E-state index contributed by atoms with van der Waals surface area (Å²) in [5, 5.41) is 10.6. The van der Waals surface area contributed by atoms with Crippen LogP contribution in [0.25, 0.3) is 6.08 Å². The van der Waals surface area contributed by atoms with Crippen molar-refractivity contribution in [2.45, 2.75) is 0 Å². The summed E-state index contributed by atoms with van der Waals surface area (Å²) >= 11 is 5.62. The van der Waals surface area contributed by atoms with E-state index in [9.17, 15) is 9.90 Å². The molecular formula is C9H6ClLiO2. The Balaban J connectivity index is 0.00000144. The number of aliphatic carboxylic acids is 1. The molecule has 4 heteroatoms. The summed E-state index contributed by atoms with van der Waals surface area (Å²) < 4.78 is 0. The predicted octanol–water partition coefficient (Wildman–Crippen LogP) is -1.89. The molecule has 0 aliphatic heterocycles. The molecular weight excluding hydrogens is 182 g/mol. The molecule has 2 nitrogen and oxygen atoms in total. The summed E-state index contributed by atoms with van der Waals surface area (Å²) in [5.41, 5.74) is 0.781. The molecule has 1 rings (SSSR count). The van der Waals surface area contributed by atoms with Crippen molar-refractivity contribution >= 4 is 23.6 Å². The average molecular weight is 189 g/mol. The first-order valence-electron chi connectivity index (χ1n) is 3.33. The van der Waals surface area contributed by atoms with Crippen molar-refractivity contribution < 1.29 is 28.8 Å². The van der Waals surface area contributed by atoms with Crippen molar-refractivity contribution in [3.8, 4) is 0 Å². The molecule has 0 aliphatic rings. The van der Waals surface area contributed by atoms with Crippen molar-refractivity contribution in [1.82, 2.24) is 0 Å². The maximum atomic E-state index is 10.0. The van der Waals surface area contributed by atoms with E-state index >= 15 is 0 Å². The molecule has 0 saturated heterocycles. The zero-order chi connectivity index (χ0) is 8.97. The van der Waals surface area contributed by atoms with Gasteiger partial charge in [-0.2, -0.15) is 0 Å². The number of hydrogen-bond donors (Lipinski definition) is 0. The third-order valence-corrected chi connectivity index (χ3v) is 1.53. The normalized spacial score (nSPS) is 9.62. The molecule has 0 spiro atoms. The summed E-state index contributed by atoms with van der Waals surface area (Å²) in [4.78, 5) is 10.0. The van der Waals surface area contributed by atoms with Gasteiger partial charge in [-0.25, -0.2) is 0 Å². The van der Waals surface area contributed by atoms with E-state index in [1.165, 1.54) is 6.08 Å². The molecule has 62 valence electrons. The number of carbonyl (C=O) groups is 1. The van der Waals surface area contributed by atoms with Crippen molar-refractivity contribution in [2.24, 2.45) is 0 Å². The van der Waals surface area contributed by atoms with Crippen LogP contribution in [0.1, 0.15) is 5.56 Å². The molecule has 0 heterocycles. The van der Waals surface area contributed by atoms with Crippen molar-refractivity contribution in [3.05, 3.63) is 40.9 Å². The number of rotatable bonds is 2. The zero-order valence-electron chi connectivity index (χ0n) is 7.16. The van der Waals surface area contributed by atoms with Gasteiger partial charge in [0.2, 0.25) is 0 Å². The molecule has 0 atom stereocenters. The number of halogens is 1. The van der Waals surface area contributed by atoms with E-state index in [2.05, 4.69) is 0 Å². The molecule has 0 radical (unpaired) electrons. The van der Waals surface area contributed by atoms with Crippen LogP contribution in [-0.2, 0) is 4.79 Å². The third kappa shape index (κ3) is 4.79. The van der Waals surface area contributed by atoms with Gasteiger partial charge in [-0.15, -0.1) is 0 Å². The van der Waals surface area contributed by atoms with Gasteiger partial charge in [-0.3, -0.25) is 0 Å². The Morgan fingerprint density at radius 1 is 1.31 bits per heavy atom. The standard InChI is InChI=1S/C9H7ClO2.Li/c10-8-4-1-7(2-5-8)3-6-9(11)12;/h1-6H,(H,11,12);/q;+1/p-1/b6-3+;. The van der Waals surface area contributed by atoms with Crippen LogP contribution in [0.2, 0.25) is 5.02 Å². The van der Waals surface area contributed by atoms with Gasteiger partial charge in [-0.1, -0.05) is 29.8 Å². The summed E-state index contributed by atoms with van der Waals surface area (Å²) in [6.45, 7) is 0. The quantitative estimate of drug-likeness (QED) is 0.402. The first kappa shape index (κ1) is 12.3. The van der Waals surface area contributed by atoms with Crippen molar-refractivity contribution in [1.29, 1.82) is 0 Å². The maximum absolute atomic E-state index is 10.0. The summed E-state index contributed by atoms with van der Waals surface area (Å²) in [6.07, 6.45) is 2.43. The summed E-state index contributed by atoms with van der Waals surface area (Å²) in [7, 11) is 0. The van der Waals surface area contributed by atoms with Gasteiger partial charge >= 0.3 is 18.9 Å². The Morgan fingerprint density at radius 2 is 1.85 bits per heavy atom. The largest absolute Gasteiger partial charge is 1.00 e. The van der Waals surface area contributed by atoms with Gasteiger partial charge in [0, 0.05) is 5.02 Å². The minimum absolute atomic E-state index is 0. The van der Waals surface area contributed by atoms with Gasteiger partial charge in [0.1, 0.15) is 0 Å². The monoisotopic (exact) mass is 188 g/mol. The van der Waals surface area contributed by atoms with Gasteiger partial charge in [0.15, 0.2) is 0 Å². The Morgan fingerprint density at radius 3 is 2.31 bits per heavy atom. The Bertz CT molecular complexity index is 306. The Kier molecular flexibility index (Phi) is 5.57. The van der Waals surface area contributed by atoms with E-state index in [4.69, 9.17) is 11.6 Å². The van der Waals surface area contributed by atoms with E-state index < -0.39 is 5.97 Å². The molecule has 1 aromatic carbocycles. The number of carboxylic acid groups (broad SMARTS) is 1. The molecule has 0 saturated carbocycles. The van der Waals surface area contributed by atoms with Crippen LogP contribution in [0.3, 0.4) is 0 Å². The number of carbonyl (C=O) groups excluding carboxylic acids is 1. The van der Waals surface area contributed by atoms with E-state index in [0.29, 0.717) is 5.02 Å². The molecule has 0 aliphatic carbocycles. The molecule has 0 amide bonds. The fraction of sp³-hybridized carbons (Fsp3) is 0. The first-order chi connectivity index (χ1) is 5.68. The fourth-order valence-corrected chi connectivity index (χ4v) is 0.864. The van der Waals surface area contributed by atoms with Crippen LogP contribution < -0.4 is 24.0 Å². The second-order valence-corrected chi connectivity index (χ2v) is 2.64. The van der Waals surface area contributed by atoms with Crippen LogP contribution in [0, 0.1) is 0 Å². The van der Waals surface area contributed by atoms with Crippen LogP contribution in [-0.4, -0.2) is 5.97 Å². The molecule has 1 aromatic rings. The van der Waals surface area contributed by atoms with Crippen LogP contribution in [0.4, 0.5) is 0 Å². The minimum atomic E-state index is -1.20. The minimum Gasteiger partial charge on any atom is -0.545 e. The van der Waals surface area contributed by atoms with Crippen LogP contribution >= 0.6 is 11.6 Å². The Hall–Kier alpha value is -0.683. The van der Waals surface area contributed by atoms with Crippen molar-refractivity contribution in [3.63, 3.8) is 0 Å². The Labute approximate surface area is 93.4 Å².